The molecule has 2 heterocycles. The maximum absolute atomic E-state index is 13.9. The largest absolute Gasteiger partial charge is 0.349 e. The molecule has 2 fully saturated rings. The monoisotopic (exact) mass is 491 g/mol. The van der Waals surface area contributed by atoms with E-state index >= 15 is 0 Å². The highest BCUT2D eigenvalue weighted by molar-refractivity contribution is 6.45. The number of Topliss-reactive ketones (excluding diaryl/α,β-unsaturated/α-hetero) is 2. The molecule has 0 bridgehead atoms. The molecule has 168 valence electrons. The Morgan fingerprint density at radius 2 is 1.35 bits per heavy atom. The van der Waals surface area contributed by atoms with Crippen molar-refractivity contribution in [1.29, 1.82) is 0 Å². The number of carbonyl (C=O) groups is 4. The zero-order valence-corrected chi connectivity index (χ0v) is 18.9. The molecule has 1 aliphatic carbocycles. The van der Waals surface area contributed by atoms with Crippen LogP contribution >= 0.6 is 23.2 Å². The van der Waals surface area contributed by atoms with Crippen molar-refractivity contribution in [1.82, 2.24) is 0 Å². The molecular weight excluding hydrogens is 477 g/mol. The first-order chi connectivity index (χ1) is 16.4. The summed E-state index contributed by atoms with van der Waals surface area (Å²) < 4.78 is 6.22. The molecule has 3 aromatic rings. The predicted octanol–water partition coefficient (Wildman–Crippen LogP) is 4.69. The summed E-state index contributed by atoms with van der Waals surface area (Å²) in [4.78, 5) is 56.0. The van der Waals surface area contributed by atoms with Crippen LogP contribution in [0.25, 0.3) is 0 Å². The molecule has 0 saturated carbocycles. The number of imide groups is 1. The van der Waals surface area contributed by atoms with E-state index in [-0.39, 0.29) is 26.9 Å². The quantitative estimate of drug-likeness (QED) is 0.383. The van der Waals surface area contributed by atoms with E-state index in [1.165, 1.54) is 24.3 Å². The third kappa shape index (κ3) is 2.56. The zero-order chi connectivity index (χ0) is 23.8. The lowest BCUT2D eigenvalue weighted by molar-refractivity contribution is -0.127. The van der Waals surface area contributed by atoms with Crippen molar-refractivity contribution < 1.29 is 23.9 Å². The molecule has 2 amide bonds. The van der Waals surface area contributed by atoms with E-state index in [2.05, 4.69) is 0 Å². The van der Waals surface area contributed by atoms with Crippen LogP contribution in [-0.2, 0) is 14.3 Å². The molecule has 3 atom stereocenters. The predicted molar refractivity (Wildman–Crippen MR) is 124 cm³/mol. The van der Waals surface area contributed by atoms with Crippen LogP contribution in [0.2, 0.25) is 10.0 Å². The van der Waals surface area contributed by atoms with Gasteiger partial charge in [0.15, 0.2) is 0 Å². The number of hydrogen-bond acceptors (Lipinski definition) is 5. The Hall–Kier alpha value is -3.32. The second-order valence-electron chi connectivity index (χ2n) is 8.48. The summed E-state index contributed by atoms with van der Waals surface area (Å²) >= 11 is 12.5. The number of carbonyl (C=O) groups excluding carboxylic acids is 4. The molecule has 6 nitrogen and oxygen atoms in total. The number of nitrogens with zero attached hydrogens (tertiary/aromatic N) is 1. The third-order valence-electron chi connectivity index (χ3n) is 6.82. The fourth-order valence-electron chi connectivity index (χ4n) is 5.36. The fraction of sp³-hybridized carbons (Fsp3) is 0.154. The maximum Gasteiger partial charge on any atom is 0.241 e. The summed E-state index contributed by atoms with van der Waals surface area (Å²) in [6.07, 6.45) is -0.979. The lowest BCUT2D eigenvalue weighted by Gasteiger charge is -2.27. The number of amides is 2. The van der Waals surface area contributed by atoms with Gasteiger partial charge in [-0.1, -0.05) is 83.9 Å². The Labute approximate surface area is 204 Å². The average Bonchev–Trinajstić information content (AvgIpc) is 3.42. The van der Waals surface area contributed by atoms with E-state index in [4.69, 9.17) is 27.9 Å². The van der Waals surface area contributed by atoms with Gasteiger partial charge in [-0.15, -0.1) is 0 Å². The molecule has 1 spiro atoms. The van der Waals surface area contributed by atoms with Gasteiger partial charge in [0.1, 0.15) is 0 Å². The lowest BCUT2D eigenvalue weighted by atomic mass is 9.77. The lowest BCUT2D eigenvalue weighted by Crippen LogP contribution is -2.51. The summed E-state index contributed by atoms with van der Waals surface area (Å²) in [6.45, 7) is 0. The van der Waals surface area contributed by atoms with Gasteiger partial charge in [0, 0.05) is 11.1 Å². The summed E-state index contributed by atoms with van der Waals surface area (Å²) in [6, 6.07) is 19.8. The number of anilines is 1. The van der Waals surface area contributed by atoms with Crippen LogP contribution in [0.5, 0.6) is 0 Å². The Morgan fingerprint density at radius 1 is 0.735 bits per heavy atom. The summed E-state index contributed by atoms with van der Waals surface area (Å²) in [5.74, 6) is -4.96. The molecule has 3 aliphatic rings. The zero-order valence-electron chi connectivity index (χ0n) is 17.4. The second kappa shape index (κ2) is 7.34. The van der Waals surface area contributed by atoms with Crippen LogP contribution < -0.4 is 4.90 Å². The molecule has 0 radical (unpaired) electrons. The average molecular weight is 492 g/mol. The van der Waals surface area contributed by atoms with Gasteiger partial charge in [-0.25, -0.2) is 4.90 Å². The molecule has 0 N–H and O–H groups in total. The molecule has 0 unspecified atom stereocenters. The first-order valence-corrected chi connectivity index (χ1v) is 11.4. The van der Waals surface area contributed by atoms with Crippen molar-refractivity contribution in [2.24, 2.45) is 11.8 Å². The summed E-state index contributed by atoms with van der Waals surface area (Å²) in [5.41, 5.74) is -1.07. The van der Waals surface area contributed by atoms with Crippen LogP contribution in [0.3, 0.4) is 0 Å². The minimum Gasteiger partial charge on any atom is -0.349 e. The van der Waals surface area contributed by atoms with Gasteiger partial charge >= 0.3 is 0 Å². The highest BCUT2D eigenvalue weighted by Gasteiger charge is 2.74. The van der Waals surface area contributed by atoms with E-state index in [1.807, 2.05) is 0 Å². The minimum absolute atomic E-state index is 0.0319. The molecule has 2 saturated heterocycles. The Morgan fingerprint density at radius 3 is 2.00 bits per heavy atom. The van der Waals surface area contributed by atoms with Crippen molar-refractivity contribution in [3.8, 4) is 0 Å². The number of ketones is 2. The van der Waals surface area contributed by atoms with Gasteiger partial charge in [-0.05, 0) is 17.7 Å². The molecule has 8 heteroatoms. The van der Waals surface area contributed by atoms with E-state index in [1.54, 1.807) is 48.5 Å². The van der Waals surface area contributed by atoms with E-state index in [0.717, 1.165) is 4.90 Å². The van der Waals surface area contributed by atoms with Gasteiger partial charge in [-0.2, -0.15) is 0 Å². The highest BCUT2D eigenvalue weighted by Crippen LogP contribution is 2.58. The van der Waals surface area contributed by atoms with E-state index in [0.29, 0.717) is 5.56 Å². The van der Waals surface area contributed by atoms with Crippen LogP contribution in [0.15, 0.2) is 72.8 Å². The van der Waals surface area contributed by atoms with Crippen LogP contribution in [-0.4, -0.2) is 29.0 Å². The molecular formula is C26H15Cl2NO5. The van der Waals surface area contributed by atoms with Crippen LogP contribution in [0.4, 0.5) is 5.69 Å². The first kappa shape index (κ1) is 21.2. The van der Waals surface area contributed by atoms with Gasteiger partial charge in [0.25, 0.3) is 0 Å². The molecule has 0 aromatic heterocycles. The molecule has 34 heavy (non-hydrogen) atoms. The van der Waals surface area contributed by atoms with Crippen molar-refractivity contribution in [3.63, 3.8) is 0 Å². The second-order valence-corrected chi connectivity index (χ2v) is 9.26. The van der Waals surface area contributed by atoms with Crippen LogP contribution in [0, 0.1) is 11.8 Å². The van der Waals surface area contributed by atoms with Gasteiger partial charge in [-0.3, -0.25) is 19.2 Å². The molecule has 6 rings (SSSR count). The van der Waals surface area contributed by atoms with Crippen molar-refractivity contribution in [3.05, 3.63) is 99.5 Å². The smallest absolute Gasteiger partial charge is 0.241 e. The highest BCUT2D eigenvalue weighted by atomic mass is 35.5. The normalized spacial score (nSPS) is 24.8. The standard InChI is InChI=1S/C26H15Cl2NO5/c27-16-11-6-12-17(20(16)28)29-24(32)18-19(25(29)33)26(34-21(18)13-7-2-1-3-8-13)22(30)14-9-4-5-10-15(14)23(26)31/h1-12,18-19,21H/t18-,19+,21-/m0/s1. The van der Waals surface area contributed by atoms with E-state index in [9.17, 15) is 19.2 Å². The minimum atomic E-state index is -2.12. The fourth-order valence-corrected chi connectivity index (χ4v) is 5.74. The van der Waals surface area contributed by atoms with Crippen LogP contribution in [0.1, 0.15) is 32.4 Å². The van der Waals surface area contributed by atoms with Crippen molar-refractivity contribution in [2.45, 2.75) is 11.7 Å². The first-order valence-electron chi connectivity index (χ1n) is 10.6. The van der Waals surface area contributed by atoms with E-state index < -0.39 is 46.9 Å². The number of hydrogen-bond donors (Lipinski definition) is 0. The molecule has 3 aromatic carbocycles. The number of fused-ring (bicyclic) bond motifs is 3. The third-order valence-corrected chi connectivity index (χ3v) is 7.63. The number of halogens is 2. The number of ether oxygens (including phenoxy) is 1. The van der Waals surface area contributed by atoms with Gasteiger partial charge in [0.05, 0.1) is 33.7 Å². The SMILES string of the molecule is O=C1[C@@H]2[C@H](c3ccccc3)OC3(C(=O)c4ccccc4C3=O)[C@H]2C(=O)N1c1cccc(Cl)c1Cl. The summed E-state index contributed by atoms with van der Waals surface area (Å²) in [7, 11) is 0. The van der Waals surface area contributed by atoms with Crippen molar-refractivity contribution in [2.75, 3.05) is 4.90 Å². The van der Waals surface area contributed by atoms with Crippen molar-refractivity contribution >= 4 is 52.3 Å². The topological polar surface area (TPSA) is 80.8 Å². The number of rotatable bonds is 2. The summed E-state index contributed by atoms with van der Waals surface area (Å²) in [5, 5.41) is 0.201. The number of benzene rings is 3. The van der Waals surface area contributed by atoms with Gasteiger partial charge in [0.2, 0.25) is 29.0 Å². The Balaban J connectivity index is 1.57. The Kier molecular flexibility index (Phi) is 4.58. The maximum atomic E-state index is 13.9. The molecule has 2 aliphatic heterocycles. The Bertz CT molecular complexity index is 1380. The van der Waals surface area contributed by atoms with Gasteiger partial charge < -0.3 is 4.74 Å².